The fourth-order valence-corrected chi connectivity index (χ4v) is 7.79. The average Bonchev–Trinajstić information content (AvgIpc) is 3.81. The summed E-state index contributed by atoms with van der Waals surface area (Å²) < 4.78 is 95.7. The molecule has 0 unspecified atom stereocenters. The lowest BCUT2D eigenvalue weighted by Gasteiger charge is -2.17. The highest BCUT2D eigenvalue weighted by molar-refractivity contribution is 6.27. The highest BCUT2D eigenvalue weighted by atomic mass is 16.3. The van der Waals surface area contributed by atoms with Gasteiger partial charge in [-0.2, -0.15) is 0 Å². The number of benzene rings is 8. The van der Waals surface area contributed by atoms with E-state index in [1.807, 2.05) is 42.5 Å². The van der Waals surface area contributed by atoms with Gasteiger partial charge in [0, 0.05) is 49.7 Å². The molecule has 0 bridgehead atoms. The number of furan rings is 1. The van der Waals surface area contributed by atoms with Crippen molar-refractivity contribution in [2.45, 2.75) is 19.9 Å². The zero-order valence-electron chi connectivity index (χ0n) is 37.8. The molecular weight excluding hydrogens is 619 g/mol. The van der Waals surface area contributed by atoms with Gasteiger partial charge in [0.1, 0.15) is 11.2 Å². The summed E-state index contributed by atoms with van der Waals surface area (Å²) in [5.41, 5.74) is 6.72. The molecule has 0 N–H and O–H groups in total. The smallest absolute Gasteiger partial charge is 0.144 e. The molecule has 0 saturated carbocycles. The fourth-order valence-electron chi connectivity index (χ4n) is 7.79. The zero-order chi connectivity index (χ0) is 42.8. The molecule has 0 atom stereocenters. The molecule has 0 saturated heterocycles. The summed E-state index contributed by atoms with van der Waals surface area (Å²) in [6.45, 7) is 4.36. The van der Waals surface area contributed by atoms with Crippen molar-refractivity contribution in [2.24, 2.45) is 0 Å². The molecule has 0 aliphatic heterocycles. The monoisotopic (exact) mass is 663 g/mol. The van der Waals surface area contributed by atoms with Crippen LogP contribution in [0.2, 0.25) is 0 Å². The third kappa shape index (κ3) is 4.64. The first-order chi connectivity index (χ1) is 29.3. The number of aromatic nitrogens is 1. The summed E-state index contributed by atoms with van der Waals surface area (Å²) in [5.74, 6) is 0. The molecule has 2 aromatic heterocycles. The summed E-state index contributed by atoms with van der Waals surface area (Å²) in [6.07, 6.45) is 0. The van der Waals surface area contributed by atoms with Crippen LogP contribution in [0.25, 0.3) is 99.0 Å². The van der Waals surface area contributed by atoms with Crippen molar-refractivity contribution in [3.05, 3.63) is 170 Å². The molecule has 0 aliphatic carbocycles. The van der Waals surface area contributed by atoms with Crippen LogP contribution in [-0.2, 0) is 0 Å². The van der Waals surface area contributed by atoms with Crippen LogP contribution in [0.3, 0.4) is 0 Å². The summed E-state index contributed by atoms with van der Waals surface area (Å²) in [6, 6.07) is 31.0. The van der Waals surface area contributed by atoms with Gasteiger partial charge in [-0.05, 0) is 94.4 Å². The maximum atomic E-state index is 8.95. The van der Waals surface area contributed by atoms with Gasteiger partial charge in [0.15, 0.2) is 0 Å². The van der Waals surface area contributed by atoms with Crippen molar-refractivity contribution in [3.8, 4) is 44.5 Å². The lowest BCUT2D eigenvalue weighted by Crippen LogP contribution is -1.99. The molecular formula is C49H35NO. The molecule has 0 amide bonds. The van der Waals surface area contributed by atoms with E-state index in [-0.39, 0.29) is 28.3 Å². The van der Waals surface area contributed by atoms with Gasteiger partial charge < -0.3 is 8.98 Å². The molecule has 51 heavy (non-hydrogen) atoms. The molecule has 0 aliphatic rings. The zero-order valence-corrected chi connectivity index (χ0v) is 27.8. The molecule has 242 valence electrons. The Morgan fingerprint density at radius 2 is 1.02 bits per heavy atom. The maximum absolute atomic E-state index is 8.95. The second-order valence-corrected chi connectivity index (χ2v) is 13.1. The average molecular weight is 664 g/mol. The first-order valence-electron chi connectivity index (χ1n) is 22.0. The molecule has 10 aromatic rings. The molecule has 0 fully saturated rings. The molecule has 2 nitrogen and oxygen atoms in total. The SMILES string of the molecule is [2H]c1c([2H])c([2H])c(-c2cc(-c3c([2H])c([2H])c([2H])c([2H])c3[2H])cc(-c3c4ccccc4c(-c4ccc5c6ccccc6n(C(C)C)c5c4)c4c3oc3ccccc34)c2)c([2H])c1[2H]. The van der Waals surface area contributed by atoms with Crippen molar-refractivity contribution >= 4 is 54.5 Å². The van der Waals surface area contributed by atoms with E-state index < -0.39 is 60.4 Å². The van der Waals surface area contributed by atoms with Gasteiger partial charge in [-0.25, -0.2) is 0 Å². The van der Waals surface area contributed by atoms with Crippen molar-refractivity contribution in [2.75, 3.05) is 0 Å². The topological polar surface area (TPSA) is 18.1 Å². The standard InChI is InChI=1S/C49H35NO/c1-31(2)50-43-23-13-11-19-38(43)39-26-25-34(30-44(39)50)46-40-20-9-10-21-41(40)47(49-48(46)42-22-12-14-24-45(42)51-49)37-28-35(32-15-5-3-6-16-32)27-36(29-37)33-17-7-4-8-18-33/h3-31H,1-2H3/i3D,4D,5D,6D,7D,8D,15D,16D,17D,18D. The Bertz CT molecular complexity index is 3380. The minimum Gasteiger partial charge on any atom is -0.455 e. The predicted octanol–water partition coefficient (Wildman–Crippen LogP) is 14.1. The Morgan fingerprint density at radius 1 is 0.471 bits per heavy atom. The number of hydrogen-bond donors (Lipinski definition) is 0. The van der Waals surface area contributed by atoms with E-state index in [0.29, 0.717) is 22.3 Å². The Balaban J connectivity index is 1.36. The highest BCUT2D eigenvalue weighted by Gasteiger charge is 2.24. The normalized spacial score (nSPS) is 14.6. The van der Waals surface area contributed by atoms with Crippen LogP contribution in [0.15, 0.2) is 174 Å². The van der Waals surface area contributed by atoms with E-state index in [9.17, 15) is 0 Å². The second-order valence-electron chi connectivity index (χ2n) is 13.1. The van der Waals surface area contributed by atoms with E-state index in [1.165, 1.54) is 11.5 Å². The Labute approximate surface area is 310 Å². The van der Waals surface area contributed by atoms with Crippen molar-refractivity contribution in [1.29, 1.82) is 0 Å². The second kappa shape index (κ2) is 11.6. The predicted molar refractivity (Wildman–Crippen MR) is 216 cm³/mol. The molecule has 0 spiro atoms. The quantitative estimate of drug-likeness (QED) is 0.179. The molecule has 2 heteroatoms. The van der Waals surface area contributed by atoms with Gasteiger partial charge in [0.2, 0.25) is 0 Å². The molecule has 8 aromatic carbocycles. The molecule has 0 radical (unpaired) electrons. The largest absolute Gasteiger partial charge is 0.455 e. The highest BCUT2D eigenvalue weighted by Crippen LogP contribution is 2.49. The van der Waals surface area contributed by atoms with Crippen LogP contribution in [-0.4, -0.2) is 4.57 Å². The first-order valence-corrected chi connectivity index (χ1v) is 17.0. The van der Waals surface area contributed by atoms with E-state index in [2.05, 4.69) is 66.9 Å². The van der Waals surface area contributed by atoms with Crippen molar-refractivity contribution in [3.63, 3.8) is 0 Å². The van der Waals surface area contributed by atoms with Crippen LogP contribution in [0, 0.1) is 0 Å². The summed E-state index contributed by atoms with van der Waals surface area (Å²) >= 11 is 0. The van der Waals surface area contributed by atoms with Crippen molar-refractivity contribution < 1.29 is 18.1 Å². The van der Waals surface area contributed by atoms with Gasteiger partial charge in [-0.1, -0.05) is 133 Å². The van der Waals surface area contributed by atoms with Gasteiger partial charge in [0.25, 0.3) is 0 Å². The molecule has 2 heterocycles. The van der Waals surface area contributed by atoms with Crippen LogP contribution in [0.5, 0.6) is 0 Å². The first kappa shape index (κ1) is 21.0. The number of hydrogen-bond acceptors (Lipinski definition) is 1. The van der Waals surface area contributed by atoms with Crippen LogP contribution >= 0.6 is 0 Å². The fraction of sp³-hybridized carbons (Fsp3) is 0.0612. The third-order valence-corrected chi connectivity index (χ3v) is 9.85. The Kier molecular flexibility index (Phi) is 4.77. The number of para-hydroxylation sites is 2. The lowest BCUT2D eigenvalue weighted by molar-refractivity contribution is 0.642. The van der Waals surface area contributed by atoms with E-state index in [1.54, 1.807) is 12.1 Å². The Morgan fingerprint density at radius 3 is 1.69 bits per heavy atom. The summed E-state index contributed by atoms with van der Waals surface area (Å²) in [5, 5.41) is 5.72. The van der Waals surface area contributed by atoms with Gasteiger partial charge in [-0.3, -0.25) is 0 Å². The third-order valence-electron chi connectivity index (χ3n) is 9.85. The summed E-state index contributed by atoms with van der Waals surface area (Å²) in [7, 11) is 0. The van der Waals surface area contributed by atoms with Gasteiger partial charge >= 0.3 is 0 Å². The maximum Gasteiger partial charge on any atom is 0.144 e. The van der Waals surface area contributed by atoms with Crippen LogP contribution < -0.4 is 0 Å². The van der Waals surface area contributed by atoms with Crippen molar-refractivity contribution in [1.82, 2.24) is 4.57 Å². The van der Waals surface area contributed by atoms with Crippen LogP contribution in [0.4, 0.5) is 0 Å². The minimum atomic E-state index is -0.543. The minimum absolute atomic E-state index is 0.0860. The number of rotatable bonds is 5. The van der Waals surface area contributed by atoms with Crippen LogP contribution in [0.1, 0.15) is 33.6 Å². The lowest BCUT2D eigenvalue weighted by atomic mass is 9.86. The van der Waals surface area contributed by atoms with E-state index in [4.69, 9.17) is 18.1 Å². The number of fused-ring (bicyclic) bond motifs is 7. The number of nitrogens with zero attached hydrogens (tertiary/aromatic N) is 1. The summed E-state index contributed by atoms with van der Waals surface area (Å²) in [4.78, 5) is 0. The van der Waals surface area contributed by atoms with E-state index >= 15 is 0 Å². The Hall–Kier alpha value is -6.38. The van der Waals surface area contributed by atoms with Gasteiger partial charge in [0.05, 0.1) is 13.7 Å². The van der Waals surface area contributed by atoms with E-state index in [0.717, 1.165) is 49.1 Å². The molecule has 10 rings (SSSR count). The van der Waals surface area contributed by atoms with Gasteiger partial charge in [-0.15, -0.1) is 0 Å².